The van der Waals surface area contributed by atoms with Crippen molar-refractivity contribution in [1.29, 1.82) is 0 Å². The van der Waals surface area contributed by atoms with Gasteiger partial charge >= 0.3 is 5.97 Å². The molecule has 0 amide bonds. The van der Waals surface area contributed by atoms with Gasteiger partial charge in [0.05, 0.1) is 13.2 Å². The number of rotatable bonds is 9. The van der Waals surface area contributed by atoms with E-state index in [0.29, 0.717) is 19.3 Å². The summed E-state index contributed by atoms with van der Waals surface area (Å²) >= 11 is 0. The summed E-state index contributed by atoms with van der Waals surface area (Å²) in [6.45, 7) is 6.15. The first kappa shape index (κ1) is 21.5. The number of aliphatic carboxylic acids is 1. The summed E-state index contributed by atoms with van der Waals surface area (Å²) in [5.41, 5.74) is 0. The van der Waals surface area contributed by atoms with Crippen molar-refractivity contribution in [2.75, 3.05) is 46.4 Å². The molecule has 1 aromatic rings. The zero-order valence-electron chi connectivity index (χ0n) is 15.0. The first-order chi connectivity index (χ1) is 11.6. The molecule has 0 unspecified atom stereocenters. The van der Waals surface area contributed by atoms with E-state index in [-0.39, 0.29) is 19.0 Å². The summed E-state index contributed by atoms with van der Waals surface area (Å²) in [5.74, 6) is 0.811. The second kappa shape index (κ2) is 11.2. The van der Waals surface area contributed by atoms with Gasteiger partial charge in [-0.3, -0.25) is 14.6 Å². The minimum absolute atomic E-state index is 0. The molecule has 0 spiro atoms. The smallest absolute Gasteiger partial charge is 0.317 e. The number of carboxylic acid groups (broad SMARTS) is 1. The zero-order valence-corrected chi connectivity index (χ0v) is 15.8. The second-order valence-electron chi connectivity index (χ2n) is 6.11. The zero-order chi connectivity index (χ0) is 17.4. The van der Waals surface area contributed by atoms with Gasteiger partial charge in [0.15, 0.2) is 11.5 Å². The molecule has 1 fully saturated rings. The SMILES string of the molecule is CCOc1ccccc1OCCN1CCC(N(C)CC(=O)O)CC1.Cl. The van der Waals surface area contributed by atoms with Crippen molar-refractivity contribution >= 4 is 18.4 Å². The van der Waals surface area contributed by atoms with Crippen LogP contribution in [-0.2, 0) is 4.79 Å². The minimum atomic E-state index is -0.763. The molecule has 1 aliphatic rings. The summed E-state index contributed by atoms with van der Waals surface area (Å²) in [4.78, 5) is 15.1. The highest BCUT2D eigenvalue weighted by molar-refractivity contribution is 5.85. The predicted octanol–water partition coefficient (Wildman–Crippen LogP) is 2.37. The van der Waals surface area contributed by atoms with Crippen LogP contribution in [0.25, 0.3) is 0 Å². The number of likely N-dealkylation sites (N-methyl/N-ethyl adjacent to an activating group) is 1. The third-order valence-electron chi connectivity index (χ3n) is 4.38. The number of benzene rings is 1. The van der Waals surface area contributed by atoms with Gasteiger partial charge < -0.3 is 14.6 Å². The Balaban J connectivity index is 0.00000312. The van der Waals surface area contributed by atoms with Crippen LogP contribution in [0.4, 0.5) is 0 Å². The monoisotopic (exact) mass is 372 g/mol. The fourth-order valence-electron chi connectivity index (χ4n) is 3.06. The van der Waals surface area contributed by atoms with E-state index in [1.807, 2.05) is 43.1 Å². The quantitative estimate of drug-likeness (QED) is 0.718. The van der Waals surface area contributed by atoms with Crippen LogP contribution in [0.1, 0.15) is 19.8 Å². The van der Waals surface area contributed by atoms with Crippen LogP contribution in [0.15, 0.2) is 24.3 Å². The Kier molecular flexibility index (Phi) is 9.63. The highest BCUT2D eigenvalue weighted by atomic mass is 35.5. The number of hydrogen-bond donors (Lipinski definition) is 1. The molecule has 1 N–H and O–H groups in total. The van der Waals surface area contributed by atoms with Crippen molar-refractivity contribution in [2.24, 2.45) is 0 Å². The van der Waals surface area contributed by atoms with Gasteiger partial charge in [-0.05, 0) is 52.0 Å². The van der Waals surface area contributed by atoms with E-state index < -0.39 is 5.97 Å². The van der Waals surface area contributed by atoms with E-state index in [9.17, 15) is 4.79 Å². The molecule has 0 aromatic heterocycles. The van der Waals surface area contributed by atoms with Crippen LogP contribution in [0.2, 0.25) is 0 Å². The maximum absolute atomic E-state index is 10.8. The molecule has 7 heteroatoms. The number of carbonyl (C=O) groups is 1. The van der Waals surface area contributed by atoms with Gasteiger partial charge in [-0.1, -0.05) is 12.1 Å². The highest BCUT2D eigenvalue weighted by Gasteiger charge is 2.23. The summed E-state index contributed by atoms with van der Waals surface area (Å²) in [6.07, 6.45) is 2.00. The van der Waals surface area contributed by atoms with Gasteiger partial charge in [-0.15, -0.1) is 12.4 Å². The van der Waals surface area contributed by atoms with E-state index in [0.717, 1.165) is 44.0 Å². The fraction of sp³-hybridized carbons (Fsp3) is 0.611. The number of carboxylic acids is 1. The Morgan fingerprint density at radius 3 is 2.40 bits per heavy atom. The molecule has 1 aliphatic heterocycles. The molecule has 1 aromatic carbocycles. The highest BCUT2D eigenvalue weighted by Crippen LogP contribution is 2.26. The Hall–Kier alpha value is -1.50. The summed E-state index contributed by atoms with van der Waals surface area (Å²) in [6, 6.07) is 8.09. The number of para-hydroxylation sites is 2. The molecule has 6 nitrogen and oxygen atoms in total. The molecule has 142 valence electrons. The maximum Gasteiger partial charge on any atom is 0.317 e. The maximum atomic E-state index is 10.8. The molecule has 0 bridgehead atoms. The number of halogens is 1. The normalized spacial score (nSPS) is 15.6. The Morgan fingerprint density at radius 1 is 1.24 bits per heavy atom. The van der Waals surface area contributed by atoms with Gasteiger partial charge in [0, 0.05) is 12.6 Å². The van der Waals surface area contributed by atoms with E-state index in [2.05, 4.69) is 4.90 Å². The van der Waals surface area contributed by atoms with Crippen LogP contribution in [0.5, 0.6) is 11.5 Å². The van der Waals surface area contributed by atoms with Crippen LogP contribution >= 0.6 is 12.4 Å². The lowest BCUT2D eigenvalue weighted by atomic mass is 10.0. The standard InChI is InChI=1S/C18H28N2O4.ClH/c1-3-23-16-6-4-5-7-17(16)24-13-12-20-10-8-15(9-11-20)19(2)14-18(21)22;/h4-7,15H,3,8-14H2,1-2H3,(H,21,22);1H. The van der Waals surface area contributed by atoms with Gasteiger partial charge in [0.2, 0.25) is 0 Å². The van der Waals surface area contributed by atoms with Crippen LogP contribution in [0, 0.1) is 0 Å². The first-order valence-electron chi connectivity index (χ1n) is 8.59. The van der Waals surface area contributed by atoms with Crippen molar-refractivity contribution in [1.82, 2.24) is 9.80 Å². The first-order valence-corrected chi connectivity index (χ1v) is 8.59. The lowest BCUT2D eigenvalue weighted by Crippen LogP contribution is -2.45. The van der Waals surface area contributed by atoms with Gasteiger partial charge in [-0.2, -0.15) is 0 Å². The average Bonchev–Trinajstić information content (AvgIpc) is 2.56. The molecule has 2 rings (SSSR count). The van der Waals surface area contributed by atoms with Crippen LogP contribution in [0.3, 0.4) is 0 Å². The summed E-state index contributed by atoms with van der Waals surface area (Å²) in [5, 5.41) is 8.87. The number of likely N-dealkylation sites (tertiary alicyclic amines) is 1. The Morgan fingerprint density at radius 2 is 1.84 bits per heavy atom. The van der Waals surface area contributed by atoms with E-state index in [1.165, 1.54) is 0 Å². The van der Waals surface area contributed by atoms with E-state index in [1.54, 1.807) is 0 Å². The number of ether oxygens (including phenoxy) is 2. The lowest BCUT2D eigenvalue weighted by Gasteiger charge is -2.36. The van der Waals surface area contributed by atoms with Gasteiger partial charge in [-0.25, -0.2) is 0 Å². The van der Waals surface area contributed by atoms with Crippen molar-refractivity contribution in [3.63, 3.8) is 0 Å². The van der Waals surface area contributed by atoms with E-state index >= 15 is 0 Å². The third kappa shape index (κ3) is 7.10. The van der Waals surface area contributed by atoms with Crippen molar-refractivity contribution < 1.29 is 19.4 Å². The Labute approximate surface area is 156 Å². The molecule has 0 radical (unpaired) electrons. The van der Waals surface area contributed by atoms with Crippen molar-refractivity contribution in [3.05, 3.63) is 24.3 Å². The third-order valence-corrected chi connectivity index (χ3v) is 4.38. The lowest BCUT2D eigenvalue weighted by molar-refractivity contribution is -0.138. The molecule has 1 saturated heterocycles. The molecule has 0 atom stereocenters. The number of nitrogens with zero attached hydrogens (tertiary/aromatic N) is 2. The van der Waals surface area contributed by atoms with Gasteiger partial charge in [0.1, 0.15) is 6.61 Å². The second-order valence-corrected chi connectivity index (χ2v) is 6.11. The predicted molar refractivity (Wildman–Crippen MR) is 100 cm³/mol. The average molecular weight is 373 g/mol. The molecular weight excluding hydrogens is 344 g/mol. The molecule has 0 aliphatic carbocycles. The number of piperidine rings is 1. The fourth-order valence-corrected chi connectivity index (χ4v) is 3.06. The molecule has 25 heavy (non-hydrogen) atoms. The largest absolute Gasteiger partial charge is 0.490 e. The topological polar surface area (TPSA) is 62.2 Å². The number of hydrogen-bond acceptors (Lipinski definition) is 5. The summed E-state index contributed by atoms with van der Waals surface area (Å²) < 4.78 is 11.4. The van der Waals surface area contributed by atoms with Crippen molar-refractivity contribution in [3.8, 4) is 11.5 Å². The van der Waals surface area contributed by atoms with Crippen LogP contribution < -0.4 is 9.47 Å². The Bertz CT molecular complexity index is 522. The van der Waals surface area contributed by atoms with Gasteiger partial charge in [0.25, 0.3) is 0 Å². The molecular formula is C18H29ClN2O4. The molecule has 1 heterocycles. The molecule has 0 saturated carbocycles. The van der Waals surface area contributed by atoms with Crippen molar-refractivity contribution in [2.45, 2.75) is 25.8 Å². The van der Waals surface area contributed by atoms with Crippen LogP contribution in [-0.4, -0.2) is 73.4 Å². The summed E-state index contributed by atoms with van der Waals surface area (Å²) in [7, 11) is 1.89. The van der Waals surface area contributed by atoms with E-state index in [4.69, 9.17) is 14.6 Å². The minimum Gasteiger partial charge on any atom is -0.490 e.